The monoisotopic (exact) mass is 221 g/mol. The van der Waals surface area contributed by atoms with E-state index in [2.05, 4.69) is 0 Å². The minimum atomic E-state index is -1.02. The number of carbonyl (C=O) groups is 1. The highest BCUT2D eigenvalue weighted by Gasteiger charge is 2.53. The van der Waals surface area contributed by atoms with Crippen LogP contribution in [-0.4, -0.2) is 22.2 Å². The average molecular weight is 221 g/mol. The van der Waals surface area contributed by atoms with Crippen molar-refractivity contribution >= 4 is 5.97 Å². The first kappa shape index (κ1) is 11.0. The molecule has 0 aliphatic heterocycles. The van der Waals surface area contributed by atoms with Gasteiger partial charge in [-0.3, -0.25) is 4.79 Å². The molecule has 0 amide bonds. The van der Waals surface area contributed by atoms with E-state index in [0.717, 1.165) is 18.4 Å². The molecule has 0 aromatic heterocycles. The predicted octanol–water partition coefficient (Wildman–Crippen LogP) is 1.14. The van der Waals surface area contributed by atoms with Crippen molar-refractivity contribution in [3.63, 3.8) is 0 Å². The van der Waals surface area contributed by atoms with E-state index in [1.54, 1.807) is 12.1 Å². The van der Waals surface area contributed by atoms with Gasteiger partial charge in [-0.05, 0) is 31.4 Å². The van der Waals surface area contributed by atoms with E-state index in [-0.39, 0.29) is 5.75 Å². The summed E-state index contributed by atoms with van der Waals surface area (Å²) >= 11 is 0. The SMILES string of the molecule is Cc1ccc(C2(C(N)C(=O)O)CC2)c(O)c1. The molecule has 4 heteroatoms. The second-order valence-corrected chi connectivity index (χ2v) is 4.49. The summed E-state index contributed by atoms with van der Waals surface area (Å²) in [4.78, 5) is 10.9. The smallest absolute Gasteiger partial charge is 0.321 e. The summed E-state index contributed by atoms with van der Waals surface area (Å²) in [6, 6.07) is 4.34. The lowest BCUT2D eigenvalue weighted by Crippen LogP contribution is -2.42. The lowest BCUT2D eigenvalue weighted by Gasteiger charge is -2.21. The Kier molecular flexibility index (Phi) is 2.39. The summed E-state index contributed by atoms with van der Waals surface area (Å²) in [6.45, 7) is 1.88. The molecule has 0 spiro atoms. The van der Waals surface area contributed by atoms with Gasteiger partial charge in [-0.2, -0.15) is 0 Å². The van der Waals surface area contributed by atoms with Crippen LogP contribution >= 0.6 is 0 Å². The second kappa shape index (κ2) is 3.49. The lowest BCUT2D eigenvalue weighted by molar-refractivity contribution is -0.139. The molecule has 1 aromatic rings. The van der Waals surface area contributed by atoms with Gasteiger partial charge in [0.15, 0.2) is 0 Å². The van der Waals surface area contributed by atoms with E-state index in [1.807, 2.05) is 13.0 Å². The first-order valence-corrected chi connectivity index (χ1v) is 5.26. The van der Waals surface area contributed by atoms with Gasteiger partial charge in [-0.1, -0.05) is 12.1 Å². The van der Waals surface area contributed by atoms with Crippen molar-refractivity contribution in [1.82, 2.24) is 0 Å². The summed E-state index contributed by atoms with van der Waals surface area (Å²) in [5, 5.41) is 18.8. The number of hydrogen-bond acceptors (Lipinski definition) is 3. The standard InChI is InChI=1S/C12H15NO3/c1-7-2-3-8(9(14)6-7)12(4-5-12)10(13)11(15)16/h2-3,6,10,14H,4-5,13H2,1H3,(H,15,16). The van der Waals surface area contributed by atoms with E-state index in [4.69, 9.17) is 10.8 Å². The van der Waals surface area contributed by atoms with Crippen molar-refractivity contribution in [3.8, 4) is 5.75 Å². The van der Waals surface area contributed by atoms with Crippen molar-refractivity contribution in [2.24, 2.45) is 5.73 Å². The van der Waals surface area contributed by atoms with E-state index in [9.17, 15) is 9.90 Å². The van der Waals surface area contributed by atoms with Crippen molar-refractivity contribution in [1.29, 1.82) is 0 Å². The summed E-state index contributed by atoms with van der Waals surface area (Å²) in [6.07, 6.45) is 1.44. The van der Waals surface area contributed by atoms with Gasteiger partial charge >= 0.3 is 5.97 Å². The summed E-state index contributed by atoms with van der Waals surface area (Å²) in [7, 11) is 0. The van der Waals surface area contributed by atoms with Gasteiger partial charge in [0.1, 0.15) is 11.8 Å². The van der Waals surface area contributed by atoms with Crippen molar-refractivity contribution in [3.05, 3.63) is 29.3 Å². The highest BCUT2D eigenvalue weighted by Crippen LogP contribution is 2.53. The summed E-state index contributed by atoms with van der Waals surface area (Å²) in [5.74, 6) is -0.869. The number of benzene rings is 1. The number of aromatic hydroxyl groups is 1. The Morgan fingerprint density at radius 2 is 2.12 bits per heavy atom. The largest absolute Gasteiger partial charge is 0.508 e. The second-order valence-electron chi connectivity index (χ2n) is 4.49. The zero-order valence-corrected chi connectivity index (χ0v) is 9.10. The fourth-order valence-corrected chi connectivity index (χ4v) is 2.18. The van der Waals surface area contributed by atoms with Gasteiger partial charge in [0, 0.05) is 11.0 Å². The van der Waals surface area contributed by atoms with Gasteiger partial charge in [-0.15, -0.1) is 0 Å². The number of carboxylic acids is 1. The third kappa shape index (κ3) is 1.55. The molecule has 1 fully saturated rings. The third-order valence-electron chi connectivity index (χ3n) is 3.34. The molecule has 1 aromatic carbocycles. The Balaban J connectivity index is 2.40. The zero-order valence-electron chi connectivity index (χ0n) is 9.10. The van der Waals surface area contributed by atoms with Crippen LogP contribution in [0.15, 0.2) is 18.2 Å². The molecule has 4 N–H and O–H groups in total. The number of carboxylic acid groups (broad SMARTS) is 1. The van der Waals surface area contributed by atoms with Crippen molar-refractivity contribution in [2.45, 2.75) is 31.2 Å². The number of aliphatic carboxylic acids is 1. The number of rotatable bonds is 3. The highest BCUT2D eigenvalue weighted by atomic mass is 16.4. The normalized spacial score (nSPS) is 19.1. The number of phenols is 1. The molecule has 2 rings (SSSR count). The maximum atomic E-state index is 10.9. The topological polar surface area (TPSA) is 83.6 Å². The molecular weight excluding hydrogens is 206 g/mol. The molecule has 1 saturated carbocycles. The molecule has 0 radical (unpaired) electrons. The molecule has 86 valence electrons. The van der Waals surface area contributed by atoms with E-state index >= 15 is 0 Å². The van der Waals surface area contributed by atoms with Crippen LogP contribution in [-0.2, 0) is 10.2 Å². The Morgan fingerprint density at radius 1 is 1.50 bits per heavy atom. The van der Waals surface area contributed by atoms with Crippen LogP contribution in [0.1, 0.15) is 24.0 Å². The average Bonchev–Trinajstić information content (AvgIpc) is 2.97. The molecule has 0 saturated heterocycles. The number of nitrogens with two attached hydrogens (primary N) is 1. The van der Waals surface area contributed by atoms with E-state index in [0.29, 0.717) is 5.56 Å². The fourth-order valence-electron chi connectivity index (χ4n) is 2.18. The highest BCUT2D eigenvalue weighted by molar-refractivity contribution is 5.77. The van der Waals surface area contributed by atoms with Crippen LogP contribution < -0.4 is 5.73 Å². The van der Waals surface area contributed by atoms with Crippen LogP contribution in [0.4, 0.5) is 0 Å². The molecular formula is C12H15NO3. The zero-order chi connectivity index (χ0) is 11.9. The van der Waals surface area contributed by atoms with Gasteiger partial charge in [0.05, 0.1) is 0 Å². The predicted molar refractivity (Wildman–Crippen MR) is 59.4 cm³/mol. The summed E-state index contributed by atoms with van der Waals surface area (Å²) < 4.78 is 0. The Morgan fingerprint density at radius 3 is 2.56 bits per heavy atom. The van der Waals surface area contributed by atoms with Crippen LogP contribution in [0.3, 0.4) is 0 Å². The van der Waals surface area contributed by atoms with Gasteiger partial charge in [0.2, 0.25) is 0 Å². The Hall–Kier alpha value is -1.55. The van der Waals surface area contributed by atoms with E-state index < -0.39 is 17.4 Å². The molecule has 1 atom stereocenters. The fraction of sp³-hybridized carbons (Fsp3) is 0.417. The van der Waals surface area contributed by atoms with Crippen LogP contribution in [0.5, 0.6) is 5.75 Å². The van der Waals surface area contributed by atoms with Crippen LogP contribution in [0, 0.1) is 6.92 Å². The Labute approximate surface area is 93.7 Å². The van der Waals surface area contributed by atoms with E-state index in [1.165, 1.54) is 0 Å². The maximum Gasteiger partial charge on any atom is 0.321 e. The number of aryl methyl sites for hydroxylation is 1. The van der Waals surface area contributed by atoms with Gasteiger partial charge < -0.3 is 15.9 Å². The number of hydrogen-bond donors (Lipinski definition) is 3. The lowest BCUT2D eigenvalue weighted by atomic mass is 9.87. The first-order chi connectivity index (χ1) is 7.47. The number of phenolic OH excluding ortho intramolecular Hbond substituents is 1. The minimum Gasteiger partial charge on any atom is -0.508 e. The van der Waals surface area contributed by atoms with Crippen LogP contribution in [0.25, 0.3) is 0 Å². The quantitative estimate of drug-likeness (QED) is 0.714. The summed E-state index contributed by atoms with van der Waals surface area (Å²) in [5.41, 5.74) is 6.72. The van der Waals surface area contributed by atoms with Crippen LogP contribution in [0.2, 0.25) is 0 Å². The molecule has 0 heterocycles. The molecule has 1 aliphatic carbocycles. The van der Waals surface area contributed by atoms with Gasteiger partial charge in [0.25, 0.3) is 0 Å². The molecule has 1 unspecified atom stereocenters. The molecule has 16 heavy (non-hydrogen) atoms. The maximum absolute atomic E-state index is 10.9. The molecule has 4 nitrogen and oxygen atoms in total. The Bertz CT molecular complexity index is 438. The third-order valence-corrected chi connectivity index (χ3v) is 3.34. The van der Waals surface area contributed by atoms with Crippen molar-refractivity contribution < 1.29 is 15.0 Å². The first-order valence-electron chi connectivity index (χ1n) is 5.26. The molecule has 1 aliphatic rings. The molecule has 0 bridgehead atoms. The van der Waals surface area contributed by atoms with Gasteiger partial charge in [-0.25, -0.2) is 0 Å². The minimum absolute atomic E-state index is 0.147. The van der Waals surface area contributed by atoms with Crippen molar-refractivity contribution in [2.75, 3.05) is 0 Å².